The number of carboxylic acids is 1. The van der Waals surface area contributed by atoms with Crippen molar-refractivity contribution in [3.05, 3.63) is 28.8 Å². The highest BCUT2D eigenvalue weighted by atomic mass is 16.5. The molecule has 1 N–H and O–H groups in total. The van der Waals surface area contributed by atoms with Crippen LogP contribution in [0.4, 0.5) is 0 Å². The Kier molecular flexibility index (Phi) is 5.06. The molecule has 1 aromatic carbocycles. The van der Waals surface area contributed by atoms with E-state index in [0.717, 1.165) is 35.3 Å². The van der Waals surface area contributed by atoms with Crippen molar-refractivity contribution in [2.45, 2.75) is 46.1 Å². The fourth-order valence-electron chi connectivity index (χ4n) is 3.19. The second kappa shape index (κ2) is 6.81. The van der Waals surface area contributed by atoms with Gasteiger partial charge >= 0.3 is 5.97 Å². The zero-order valence-electron chi connectivity index (χ0n) is 13.4. The number of benzene rings is 1. The van der Waals surface area contributed by atoms with Gasteiger partial charge in [0, 0.05) is 12.6 Å². The van der Waals surface area contributed by atoms with Crippen LogP contribution in [0, 0.1) is 20.8 Å². The molecule has 1 atom stereocenters. The molecular weight excluding hydrogens is 282 g/mol. The number of aliphatic carboxylic acids is 1. The number of likely N-dealkylation sites (tertiary alicyclic amines) is 1. The largest absolute Gasteiger partial charge is 0.483 e. The number of amides is 1. The molecule has 1 heterocycles. The first kappa shape index (κ1) is 16.3. The first-order chi connectivity index (χ1) is 10.4. The minimum Gasteiger partial charge on any atom is -0.483 e. The first-order valence-electron chi connectivity index (χ1n) is 7.60. The minimum atomic E-state index is -0.865. The molecule has 1 amide bonds. The molecule has 1 fully saturated rings. The Labute approximate surface area is 130 Å². The Balaban J connectivity index is 1.99. The fourth-order valence-corrected chi connectivity index (χ4v) is 3.19. The van der Waals surface area contributed by atoms with E-state index in [2.05, 4.69) is 0 Å². The van der Waals surface area contributed by atoms with Crippen molar-refractivity contribution in [1.82, 2.24) is 4.90 Å². The van der Waals surface area contributed by atoms with Gasteiger partial charge in [0.05, 0.1) is 6.42 Å². The van der Waals surface area contributed by atoms with Crippen molar-refractivity contribution in [2.75, 3.05) is 13.2 Å². The van der Waals surface area contributed by atoms with Crippen molar-refractivity contribution >= 4 is 11.9 Å². The number of nitrogens with zero attached hydrogens (tertiary/aromatic N) is 1. The van der Waals surface area contributed by atoms with Gasteiger partial charge in [0.2, 0.25) is 0 Å². The van der Waals surface area contributed by atoms with Gasteiger partial charge in [-0.15, -0.1) is 0 Å². The van der Waals surface area contributed by atoms with E-state index in [1.54, 1.807) is 4.90 Å². The smallest absolute Gasteiger partial charge is 0.305 e. The molecule has 22 heavy (non-hydrogen) atoms. The normalized spacial score (nSPS) is 17.6. The lowest BCUT2D eigenvalue weighted by molar-refractivity contribution is -0.140. The van der Waals surface area contributed by atoms with Crippen molar-refractivity contribution < 1.29 is 19.4 Å². The Morgan fingerprint density at radius 1 is 1.27 bits per heavy atom. The summed E-state index contributed by atoms with van der Waals surface area (Å²) in [6.07, 6.45) is 1.61. The number of aryl methyl sites for hydroxylation is 3. The maximum atomic E-state index is 12.3. The Morgan fingerprint density at radius 2 is 1.91 bits per heavy atom. The van der Waals surface area contributed by atoms with Crippen LogP contribution in [-0.2, 0) is 9.59 Å². The lowest BCUT2D eigenvalue weighted by Crippen LogP contribution is -2.39. The zero-order valence-corrected chi connectivity index (χ0v) is 13.4. The van der Waals surface area contributed by atoms with E-state index >= 15 is 0 Å². The van der Waals surface area contributed by atoms with E-state index in [0.29, 0.717) is 6.54 Å². The van der Waals surface area contributed by atoms with Crippen LogP contribution in [0.15, 0.2) is 12.1 Å². The number of carboxylic acid groups (broad SMARTS) is 1. The molecule has 1 aromatic rings. The highest BCUT2D eigenvalue weighted by molar-refractivity contribution is 5.79. The van der Waals surface area contributed by atoms with Crippen LogP contribution < -0.4 is 4.74 Å². The second-order valence-corrected chi connectivity index (χ2v) is 6.00. The van der Waals surface area contributed by atoms with E-state index in [1.807, 2.05) is 32.9 Å². The SMILES string of the molecule is Cc1cc(C)c(OCC(=O)N2CCCC2CC(=O)O)c(C)c1. The average Bonchev–Trinajstić information content (AvgIpc) is 2.84. The van der Waals surface area contributed by atoms with Crippen LogP contribution in [0.2, 0.25) is 0 Å². The number of carbonyl (C=O) groups is 2. The zero-order chi connectivity index (χ0) is 16.3. The molecule has 1 aliphatic heterocycles. The van der Waals surface area contributed by atoms with E-state index in [-0.39, 0.29) is 25.0 Å². The Hall–Kier alpha value is -2.04. The lowest BCUT2D eigenvalue weighted by atomic mass is 10.1. The van der Waals surface area contributed by atoms with Crippen molar-refractivity contribution in [2.24, 2.45) is 0 Å². The quantitative estimate of drug-likeness (QED) is 0.907. The van der Waals surface area contributed by atoms with Crippen molar-refractivity contribution in [3.63, 3.8) is 0 Å². The summed E-state index contributed by atoms with van der Waals surface area (Å²) in [5.74, 6) is -0.258. The van der Waals surface area contributed by atoms with Crippen LogP contribution in [0.25, 0.3) is 0 Å². The number of hydrogen-bond donors (Lipinski definition) is 1. The Morgan fingerprint density at radius 3 is 2.50 bits per heavy atom. The van der Waals surface area contributed by atoms with Crippen LogP contribution >= 0.6 is 0 Å². The third kappa shape index (κ3) is 3.78. The van der Waals surface area contributed by atoms with Gasteiger partial charge in [-0.3, -0.25) is 9.59 Å². The number of carbonyl (C=O) groups excluding carboxylic acids is 1. The molecule has 0 radical (unpaired) electrons. The molecule has 1 saturated heterocycles. The van der Waals surface area contributed by atoms with Crippen LogP contribution in [-0.4, -0.2) is 41.1 Å². The van der Waals surface area contributed by atoms with E-state index in [1.165, 1.54) is 0 Å². The first-order valence-corrected chi connectivity index (χ1v) is 7.60. The molecule has 2 rings (SSSR count). The third-order valence-electron chi connectivity index (χ3n) is 4.05. The van der Waals surface area contributed by atoms with E-state index in [4.69, 9.17) is 9.84 Å². The minimum absolute atomic E-state index is 0.00826. The van der Waals surface area contributed by atoms with Gasteiger partial charge in [-0.1, -0.05) is 17.7 Å². The van der Waals surface area contributed by atoms with Gasteiger partial charge < -0.3 is 14.7 Å². The maximum Gasteiger partial charge on any atom is 0.305 e. The molecule has 1 unspecified atom stereocenters. The van der Waals surface area contributed by atoms with Gasteiger partial charge in [-0.25, -0.2) is 0 Å². The predicted octanol–water partition coefficient (Wildman–Crippen LogP) is 2.46. The summed E-state index contributed by atoms with van der Waals surface area (Å²) in [6, 6.07) is 3.85. The summed E-state index contributed by atoms with van der Waals surface area (Å²) < 4.78 is 5.71. The maximum absolute atomic E-state index is 12.3. The fraction of sp³-hybridized carbons (Fsp3) is 0.529. The van der Waals surface area contributed by atoms with Crippen molar-refractivity contribution in [3.8, 4) is 5.75 Å². The highest BCUT2D eigenvalue weighted by Crippen LogP contribution is 2.25. The summed E-state index contributed by atoms with van der Waals surface area (Å²) in [5, 5.41) is 8.91. The third-order valence-corrected chi connectivity index (χ3v) is 4.05. The lowest BCUT2D eigenvalue weighted by Gasteiger charge is -2.24. The number of ether oxygens (including phenoxy) is 1. The summed E-state index contributed by atoms with van der Waals surface area (Å²) in [7, 11) is 0. The molecule has 1 aliphatic rings. The molecular formula is C17H23NO4. The molecule has 5 nitrogen and oxygen atoms in total. The summed E-state index contributed by atoms with van der Waals surface area (Å²) in [4.78, 5) is 24.8. The van der Waals surface area contributed by atoms with E-state index < -0.39 is 5.97 Å². The van der Waals surface area contributed by atoms with Gasteiger partial charge in [0.1, 0.15) is 5.75 Å². The molecule has 0 bridgehead atoms. The standard InChI is InChI=1S/C17H23NO4/c1-11-7-12(2)17(13(3)8-11)22-10-15(19)18-6-4-5-14(18)9-16(20)21/h7-8,14H,4-6,9-10H2,1-3H3,(H,20,21). The molecule has 0 spiro atoms. The summed E-state index contributed by atoms with van der Waals surface area (Å²) in [5.41, 5.74) is 3.18. The number of rotatable bonds is 5. The predicted molar refractivity (Wildman–Crippen MR) is 83.1 cm³/mol. The van der Waals surface area contributed by atoms with Gasteiger partial charge in [-0.2, -0.15) is 0 Å². The highest BCUT2D eigenvalue weighted by Gasteiger charge is 2.30. The topological polar surface area (TPSA) is 66.8 Å². The molecule has 0 saturated carbocycles. The summed E-state index contributed by atoms with van der Waals surface area (Å²) in [6.45, 7) is 6.52. The Bertz CT molecular complexity index is 559. The molecule has 120 valence electrons. The monoisotopic (exact) mass is 305 g/mol. The van der Waals surface area contributed by atoms with Crippen LogP contribution in [0.3, 0.4) is 0 Å². The van der Waals surface area contributed by atoms with Gasteiger partial charge in [0.25, 0.3) is 5.91 Å². The summed E-state index contributed by atoms with van der Waals surface area (Å²) >= 11 is 0. The second-order valence-electron chi connectivity index (χ2n) is 6.00. The van der Waals surface area contributed by atoms with E-state index in [9.17, 15) is 9.59 Å². The van der Waals surface area contributed by atoms with Crippen LogP contribution in [0.5, 0.6) is 5.75 Å². The molecule has 5 heteroatoms. The average molecular weight is 305 g/mol. The van der Waals surface area contributed by atoms with Gasteiger partial charge in [0.15, 0.2) is 6.61 Å². The molecule has 0 aliphatic carbocycles. The molecule has 0 aromatic heterocycles. The van der Waals surface area contributed by atoms with Crippen molar-refractivity contribution in [1.29, 1.82) is 0 Å². The van der Waals surface area contributed by atoms with Gasteiger partial charge in [-0.05, 0) is 44.7 Å². The van der Waals surface area contributed by atoms with Crippen LogP contribution in [0.1, 0.15) is 36.0 Å². The number of hydrogen-bond acceptors (Lipinski definition) is 3.